The molecule has 1 aromatic heterocycles. The largest absolute Gasteiger partial charge is 0.507 e. The van der Waals surface area contributed by atoms with Crippen molar-refractivity contribution in [3.63, 3.8) is 0 Å². The van der Waals surface area contributed by atoms with Gasteiger partial charge in [0.15, 0.2) is 0 Å². The molecule has 2 aliphatic heterocycles. The van der Waals surface area contributed by atoms with Gasteiger partial charge in [-0.1, -0.05) is 72.3 Å². The Bertz CT molecular complexity index is 2290. The quantitative estimate of drug-likeness (QED) is 0.213. The summed E-state index contributed by atoms with van der Waals surface area (Å²) in [6.07, 6.45) is 1.87. The van der Waals surface area contributed by atoms with Gasteiger partial charge < -0.3 is 5.11 Å². The standard InChI is InChI=1S/C35H26ClFN4O5/c1-35-25(31(43)39(32(35)44)21-12-14-27(37)26(36)17-21)18-28-23(29(35)24-13-11-19-7-5-6-10-22(19)30(24)42)15-16-38-33(45)40(34(46)41(28)38)20-8-3-2-4-9-20/h2-15,17,25,28-29,42H,16,18H2,1H3/t25-,28+,29+,35+/m0/s1. The molecule has 1 saturated heterocycles. The molecule has 0 radical (unpaired) electrons. The van der Waals surface area contributed by atoms with Gasteiger partial charge >= 0.3 is 11.4 Å². The Morgan fingerprint density at radius 2 is 1.63 bits per heavy atom. The van der Waals surface area contributed by atoms with Crippen LogP contribution in [0.4, 0.5) is 10.1 Å². The van der Waals surface area contributed by atoms with E-state index in [2.05, 4.69) is 0 Å². The van der Waals surface area contributed by atoms with E-state index >= 15 is 0 Å². The van der Waals surface area contributed by atoms with Crippen LogP contribution in [0.25, 0.3) is 16.5 Å². The molecule has 4 atom stereocenters. The summed E-state index contributed by atoms with van der Waals surface area (Å²) in [7, 11) is 0. The second-order valence-corrected chi connectivity index (χ2v) is 12.6. The maximum atomic E-state index is 14.6. The first-order chi connectivity index (χ1) is 22.1. The highest BCUT2D eigenvalue weighted by atomic mass is 35.5. The number of hydrogen-bond acceptors (Lipinski definition) is 5. The third-order valence-corrected chi connectivity index (χ3v) is 10.2. The average Bonchev–Trinajstić information content (AvgIpc) is 3.43. The number of carbonyl (C=O) groups excluding carboxylic acids is 2. The van der Waals surface area contributed by atoms with Gasteiger partial charge in [-0.2, -0.15) is 0 Å². The van der Waals surface area contributed by atoms with E-state index < -0.39 is 52.3 Å². The van der Waals surface area contributed by atoms with Crippen LogP contribution in [0.2, 0.25) is 5.02 Å². The first-order valence-corrected chi connectivity index (χ1v) is 15.2. The highest BCUT2D eigenvalue weighted by Crippen LogP contribution is 2.62. The number of aromatic nitrogens is 3. The zero-order chi connectivity index (χ0) is 32.1. The lowest BCUT2D eigenvalue weighted by Gasteiger charge is -2.47. The van der Waals surface area contributed by atoms with Crippen LogP contribution in [0.3, 0.4) is 0 Å². The molecule has 9 nitrogen and oxygen atoms in total. The minimum Gasteiger partial charge on any atom is -0.507 e. The van der Waals surface area contributed by atoms with Crippen molar-refractivity contribution in [2.24, 2.45) is 11.3 Å². The number of imide groups is 1. The summed E-state index contributed by atoms with van der Waals surface area (Å²) in [6.45, 7) is 1.75. The van der Waals surface area contributed by atoms with E-state index in [9.17, 15) is 28.7 Å². The Labute approximate surface area is 266 Å². The number of aromatic hydroxyl groups is 1. The molecule has 0 spiro atoms. The molecule has 3 heterocycles. The van der Waals surface area contributed by atoms with Crippen molar-refractivity contribution in [1.82, 2.24) is 13.9 Å². The molecule has 2 fully saturated rings. The van der Waals surface area contributed by atoms with Gasteiger partial charge in [-0.05, 0) is 54.6 Å². The van der Waals surface area contributed by atoms with E-state index in [0.717, 1.165) is 20.9 Å². The summed E-state index contributed by atoms with van der Waals surface area (Å²) in [5.74, 6) is -3.60. The molecule has 8 rings (SSSR count). The van der Waals surface area contributed by atoms with Crippen LogP contribution >= 0.6 is 11.6 Å². The number of phenols is 1. The molecule has 2 amide bonds. The Kier molecular flexibility index (Phi) is 6.08. The number of anilines is 1. The van der Waals surface area contributed by atoms with E-state index in [-0.39, 0.29) is 29.4 Å². The lowest BCUT2D eigenvalue weighted by molar-refractivity contribution is -0.129. The van der Waals surface area contributed by atoms with Gasteiger partial charge in [-0.25, -0.2) is 32.8 Å². The minimum absolute atomic E-state index is 0.0367. The maximum absolute atomic E-state index is 14.6. The number of amides is 2. The molecular formula is C35H26ClFN4O5. The van der Waals surface area contributed by atoms with E-state index in [1.807, 2.05) is 24.3 Å². The third-order valence-electron chi connectivity index (χ3n) is 9.96. The number of para-hydroxylation sites is 1. The van der Waals surface area contributed by atoms with Crippen molar-refractivity contribution >= 4 is 39.9 Å². The van der Waals surface area contributed by atoms with Crippen molar-refractivity contribution in [3.8, 4) is 11.4 Å². The number of benzene rings is 4. The van der Waals surface area contributed by atoms with Crippen LogP contribution in [-0.2, 0) is 16.1 Å². The van der Waals surface area contributed by atoms with Crippen molar-refractivity contribution in [2.75, 3.05) is 4.90 Å². The second-order valence-electron chi connectivity index (χ2n) is 12.2. The van der Waals surface area contributed by atoms with Gasteiger partial charge in [0.25, 0.3) is 0 Å². The van der Waals surface area contributed by atoms with Crippen molar-refractivity contribution in [3.05, 3.63) is 134 Å². The summed E-state index contributed by atoms with van der Waals surface area (Å²) in [6, 6.07) is 22.4. The molecule has 1 aliphatic carbocycles. The summed E-state index contributed by atoms with van der Waals surface area (Å²) in [4.78, 5) is 57.6. The number of fused-ring (bicyclic) bond motifs is 5. The number of rotatable bonds is 3. The molecule has 11 heteroatoms. The van der Waals surface area contributed by atoms with Crippen LogP contribution in [0, 0.1) is 17.2 Å². The van der Waals surface area contributed by atoms with E-state index in [0.29, 0.717) is 22.2 Å². The lowest BCUT2D eigenvalue weighted by Crippen LogP contribution is -2.49. The Hall–Kier alpha value is -5.22. The van der Waals surface area contributed by atoms with Crippen LogP contribution in [0.5, 0.6) is 5.75 Å². The normalized spacial score (nSPS) is 23.7. The zero-order valence-electron chi connectivity index (χ0n) is 24.4. The average molecular weight is 637 g/mol. The Morgan fingerprint density at radius 3 is 2.39 bits per heavy atom. The predicted molar refractivity (Wildman–Crippen MR) is 170 cm³/mol. The summed E-state index contributed by atoms with van der Waals surface area (Å²) < 4.78 is 18.0. The topological polar surface area (TPSA) is 107 Å². The molecule has 3 aliphatic rings. The lowest BCUT2D eigenvalue weighted by atomic mass is 9.56. The van der Waals surface area contributed by atoms with Crippen LogP contribution in [-0.4, -0.2) is 30.9 Å². The first kappa shape index (κ1) is 28.3. The van der Waals surface area contributed by atoms with E-state index in [1.54, 1.807) is 55.5 Å². The third kappa shape index (κ3) is 3.67. The highest BCUT2D eigenvalue weighted by Gasteiger charge is 2.65. The van der Waals surface area contributed by atoms with E-state index in [1.165, 1.54) is 21.5 Å². The molecule has 230 valence electrons. The fraction of sp³-hybridized carbons (Fsp3) is 0.200. The highest BCUT2D eigenvalue weighted by molar-refractivity contribution is 6.31. The number of allylic oxidation sites excluding steroid dienone is 2. The van der Waals surface area contributed by atoms with Crippen LogP contribution in [0.1, 0.15) is 30.9 Å². The van der Waals surface area contributed by atoms with Crippen molar-refractivity contribution < 1.29 is 19.1 Å². The summed E-state index contributed by atoms with van der Waals surface area (Å²) in [5.41, 5.74) is -0.902. The smallest absolute Gasteiger partial charge is 0.352 e. The van der Waals surface area contributed by atoms with Gasteiger partial charge in [-0.15, -0.1) is 0 Å². The predicted octanol–water partition coefficient (Wildman–Crippen LogP) is 5.32. The Morgan fingerprint density at radius 1 is 0.891 bits per heavy atom. The number of halogens is 2. The monoisotopic (exact) mass is 636 g/mol. The molecule has 0 unspecified atom stereocenters. The van der Waals surface area contributed by atoms with E-state index in [4.69, 9.17) is 11.6 Å². The Balaban J connectivity index is 1.37. The minimum atomic E-state index is -1.41. The van der Waals surface area contributed by atoms with Crippen LogP contribution in [0.15, 0.2) is 106 Å². The van der Waals surface area contributed by atoms with Crippen molar-refractivity contribution in [2.45, 2.75) is 31.8 Å². The molecule has 46 heavy (non-hydrogen) atoms. The molecule has 0 bridgehead atoms. The number of hydrogen-bond donors (Lipinski definition) is 1. The fourth-order valence-corrected chi connectivity index (χ4v) is 7.97. The second kappa shape index (κ2) is 9.89. The number of carbonyl (C=O) groups is 2. The number of phenolic OH excluding ortho intramolecular Hbond substituents is 1. The molecule has 1 saturated carbocycles. The summed E-state index contributed by atoms with van der Waals surface area (Å²) in [5, 5.41) is 12.9. The van der Waals surface area contributed by atoms with Gasteiger partial charge in [-0.3, -0.25) is 9.59 Å². The van der Waals surface area contributed by atoms with Crippen molar-refractivity contribution in [1.29, 1.82) is 0 Å². The van der Waals surface area contributed by atoms with Crippen LogP contribution < -0.4 is 16.3 Å². The van der Waals surface area contributed by atoms with Gasteiger partial charge in [0.2, 0.25) is 11.8 Å². The van der Waals surface area contributed by atoms with Gasteiger partial charge in [0.1, 0.15) is 11.6 Å². The number of nitrogens with zero attached hydrogens (tertiary/aromatic N) is 4. The molecule has 5 aromatic rings. The van der Waals surface area contributed by atoms with Gasteiger partial charge in [0.05, 0.1) is 40.3 Å². The SMILES string of the molecule is C[C@@]12C(=O)N(c3ccc(F)c(Cl)c3)C(=O)[C@@H]1C[C@@H]1C(=CCn3c(=O)n(-c4ccccc4)c(=O)n31)[C@@H]2c1ccc2ccccc2c1O. The molecule has 1 N–H and O–H groups in total. The maximum Gasteiger partial charge on any atom is 0.352 e. The fourth-order valence-electron chi connectivity index (χ4n) is 7.79. The molecule has 4 aromatic carbocycles. The van der Waals surface area contributed by atoms with Gasteiger partial charge in [0, 0.05) is 16.9 Å². The molecular weight excluding hydrogens is 611 g/mol. The summed E-state index contributed by atoms with van der Waals surface area (Å²) >= 11 is 6.08. The first-order valence-electron chi connectivity index (χ1n) is 14.9. The zero-order valence-corrected chi connectivity index (χ0v) is 25.2.